The van der Waals surface area contributed by atoms with E-state index in [9.17, 15) is 4.79 Å². The number of likely N-dealkylation sites (tertiary alicyclic amines) is 1. The fourth-order valence-corrected chi connectivity index (χ4v) is 2.41. The van der Waals surface area contributed by atoms with E-state index >= 15 is 0 Å². The quantitative estimate of drug-likeness (QED) is 0.723. The lowest BCUT2D eigenvalue weighted by Crippen LogP contribution is -2.47. The number of piperidine rings is 1. The van der Waals surface area contributed by atoms with Crippen molar-refractivity contribution in [2.45, 2.75) is 18.6 Å². The number of nitrogens with zero attached hydrogens (tertiary/aromatic N) is 3. The van der Waals surface area contributed by atoms with Crippen LogP contribution in [0, 0.1) is 0 Å². The van der Waals surface area contributed by atoms with Crippen molar-refractivity contribution in [3.63, 3.8) is 0 Å². The smallest absolute Gasteiger partial charge is 0.274 e. The summed E-state index contributed by atoms with van der Waals surface area (Å²) < 4.78 is 11.3. The summed E-state index contributed by atoms with van der Waals surface area (Å²) in [5.74, 6) is -0.518. The van der Waals surface area contributed by atoms with Crippen molar-refractivity contribution in [1.29, 1.82) is 0 Å². The number of carbonyl (C=O) groups excluding carboxylic acids is 1. The highest BCUT2D eigenvalue weighted by molar-refractivity contribution is 5.92. The molecule has 6 nitrogen and oxygen atoms in total. The SMILES string of the molecule is O=C(c1cccnn1)N1CCC2(CC1)OCCO2. The van der Waals surface area contributed by atoms with E-state index < -0.39 is 5.79 Å². The maximum absolute atomic E-state index is 12.1. The molecule has 2 fully saturated rings. The third-order valence-corrected chi connectivity index (χ3v) is 3.42. The van der Waals surface area contributed by atoms with Crippen LogP contribution in [-0.2, 0) is 9.47 Å². The molecule has 2 aliphatic rings. The lowest BCUT2D eigenvalue weighted by molar-refractivity contribution is -0.181. The molecule has 96 valence electrons. The summed E-state index contributed by atoms with van der Waals surface area (Å²) >= 11 is 0. The van der Waals surface area contributed by atoms with Crippen LogP contribution in [0.15, 0.2) is 18.3 Å². The van der Waals surface area contributed by atoms with Crippen LogP contribution in [0.2, 0.25) is 0 Å². The van der Waals surface area contributed by atoms with Gasteiger partial charge in [0, 0.05) is 32.1 Å². The Labute approximate surface area is 105 Å². The Morgan fingerprint density at radius 3 is 2.61 bits per heavy atom. The monoisotopic (exact) mass is 249 g/mol. The molecule has 0 unspecified atom stereocenters. The molecular weight excluding hydrogens is 234 g/mol. The first-order valence-corrected chi connectivity index (χ1v) is 6.14. The summed E-state index contributed by atoms with van der Waals surface area (Å²) in [5.41, 5.74) is 0.390. The first kappa shape index (κ1) is 11.6. The molecule has 0 saturated carbocycles. The normalized spacial score (nSPS) is 22.3. The molecule has 1 aromatic rings. The van der Waals surface area contributed by atoms with Gasteiger partial charge >= 0.3 is 0 Å². The van der Waals surface area contributed by atoms with E-state index in [0.29, 0.717) is 32.0 Å². The van der Waals surface area contributed by atoms with Crippen LogP contribution < -0.4 is 0 Å². The van der Waals surface area contributed by atoms with E-state index in [-0.39, 0.29) is 5.91 Å². The molecule has 3 heterocycles. The average Bonchev–Trinajstić information content (AvgIpc) is 2.88. The van der Waals surface area contributed by atoms with E-state index in [1.54, 1.807) is 23.2 Å². The van der Waals surface area contributed by atoms with Gasteiger partial charge in [-0.15, -0.1) is 5.10 Å². The molecule has 1 aromatic heterocycles. The molecule has 3 rings (SSSR count). The number of carbonyl (C=O) groups is 1. The molecule has 1 spiro atoms. The van der Waals surface area contributed by atoms with Crippen LogP contribution in [-0.4, -0.2) is 53.1 Å². The van der Waals surface area contributed by atoms with Crippen molar-refractivity contribution in [2.75, 3.05) is 26.3 Å². The summed E-state index contributed by atoms with van der Waals surface area (Å²) in [4.78, 5) is 13.9. The van der Waals surface area contributed by atoms with Crippen molar-refractivity contribution in [3.05, 3.63) is 24.0 Å². The summed E-state index contributed by atoms with van der Waals surface area (Å²) in [5, 5.41) is 7.56. The molecule has 0 bridgehead atoms. The second-order valence-corrected chi connectivity index (χ2v) is 4.51. The highest BCUT2D eigenvalue weighted by Crippen LogP contribution is 2.31. The highest BCUT2D eigenvalue weighted by Gasteiger charge is 2.40. The minimum Gasteiger partial charge on any atom is -0.347 e. The first-order chi connectivity index (χ1) is 8.79. The summed E-state index contributed by atoms with van der Waals surface area (Å²) in [6.07, 6.45) is 3.00. The molecule has 0 aromatic carbocycles. The lowest BCUT2D eigenvalue weighted by atomic mass is 10.0. The van der Waals surface area contributed by atoms with E-state index in [1.807, 2.05) is 0 Å². The molecule has 2 saturated heterocycles. The van der Waals surface area contributed by atoms with Crippen molar-refractivity contribution in [3.8, 4) is 0 Å². The maximum Gasteiger partial charge on any atom is 0.274 e. The zero-order valence-corrected chi connectivity index (χ0v) is 10.0. The van der Waals surface area contributed by atoms with Gasteiger partial charge in [0.05, 0.1) is 13.2 Å². The average molecular weight is 249 g/mol. The summed E-state index contributed by atoms with van der Waals surface area (Å²) in [7, 11) is 0. The summed E-state index contributed by atoms with van der Waals surface area (Å²) in [6.45, 7) is 2.57. The Kier molecular flexibility index (Phi) is 2.97. The Hall–Kier alpha value is -1.53. The number of aromatic nitrogens is 2. The lowest BCUT2D eigenvalue weighted by Gasteiger charge is -2.37. The van der Waals surface area contributed by atoms with Crippen molar-refractivity contribution >= 4 is 5.91 Å². The molecule has 6 heteroatoms. The molecule has 0 atom stereocenters. The fourth-order valence-electron chi connectivity index (χ4n) is 2.41. The number of amides is 1. The van der Waals surface area contributed by atoms with Crippen LogP contribution in [0.5, 0.6) is 0 Å². The van der Waals surface area contributed by atoms with E-state index in [1.165, 1.54) is 0 Å². The third-order valence-electron chi connectivity index (χ3n) is 3.42. The van der Waals surface area contributed by atoms with Gasteiger partial charge in [0.25, 0.3) is 5.91 Å². The zero-order valence-electron chi connectivity index (χ0n) is 10.0. The zero-order chi connectivity index (χ0) is 12.4. The predicted molar refractivity (Wildman–Crippen MR) is 61.8 cm³/mol. The van der Waals surface area contributed by atoms with Gasteiger partial charge in [0.1, 0.15) is 0 Å². The van der Waals surface area contributed by atoms with E-state index in [0.717, 1.165) is 12.8 Å². The molecule has 0 aliphatic carbocycles. The molecule has 18 heavy (non-hydrogen) atoms. The Morgan fingerprint density at radius 1 is 1.28 bits per heavy atom. The van der Waals surface area contributed by atoms with Crippen LogP contribution >= 0.6 is 0 Å². The van der Waals surface area contributed by atoms with Gasteiger partial charge < -0.3 is 14.4 Å². The maximum atomic E-state index is 12.1. The Bertz CT molecular complexity index is 421. The number of hydrogen-bond acceptors (Lipinski definition) is 5. The van der Waals surface area contributed by atoms with Crippen LogP contribution in [0.4, 0.5) is 0 Å². The van der Waals surface area contributed by atoms with Gasteiger partial charge in [0.2, 0.25) is 0 Å². The van der Waals surface area contributed by atoms with Crippen LogP contribution in [0.1, 0.15) is 23.3 Å². The minimum absolute atomic E-state index is 0.0732. The van der Waals surface area contributed by atoms with E-state index in [2.05, 4.69) is 10.2 Å². The second kappa shape index (κ2) is 4.62. The van der Waals surface area contributed by atoms with Crippen molar-refractivity contribution < 1.29 is 14.3 Å². The van der Waals surface area contributed by atoms with Crippen LogP contribution in [0.25, 0.3) is 0 Å². The minimum atomic E-state index is -0.445. The standard InChI is InChI=1S/C12H15N3O3/c16-11(10-2-1-5-13-14-10)15-6-3-12(4-7-15)17-8-9-18-12/h1-2,5H,3-4,6-9H2. The molecule has 0 radical (unpaired) electrons. The third kappa shape index (κ3) is 2.09. The largest absolute Gasteiger partial charge is 0.347 e. The van der Waals surface area contributed by atoms with Crippen molar-refractivity contribution in [2.24, 2.45) is 0 Å². The van der Waals surface area contributed by atoms with Gasteiger partial charge in [-0.25, -0.2) is 0 Å². The Balaban J connectivity index is 1.64. The van der Waals surface area contributed by atoms with Gasteiger partial charge in [-0.3, -0.25) is 4.79 Å². The second-order valence-electron chi connectivity index (χ2n) is 4.51. The molecule has 0 N–H and O–H groups in total. The van der Waals surface area contributed by atoms with Gasteiger partial charge in [-0.1, -0.05) is 0 Å². The van der Waals surface area contributed by atoms with E-state index in [4.69, 9.17) is 9.47 Å². The molecular formula is C12H15N3O3. The first-order valence-electron chi connectivity index (χ1n) is 6.14. The highest BCUT2D eigenvalue weighted by atomic mass is 16.7. The van der Waals surface area contributed by atoms with Gasteiger partial charge in [-0.05, 0) is 12.1 Å². The molecule has 1 amide bonds. The fraction of sp³-hybridized carbons (Fsp3) is 0.583. The Morgan fingerprint density at radius 2 is 2.00 bits per heavy atom. The number of rotatable bonds is 1. The summed E-state index contributed by atoms with van der Waals surface area (Å²) in [6, 6.07) is 3.40. The van der Waals surface area contributed by atoms with Gasteiger partial charge in [0.15, 0.2) is 11.5 Å². The number of hydrogen-bond donors (Lipinski definition) is 0. The molecule has 2 aliphatic heterocycles. The van der Waals surface area contributed by atoms with Gasteiger partial charge in [-0.2, -0.15) is 5.10 Å². The predicted octanol–water partition coefficient (Wildman–Crippen LogP) is 0.456. The van der Waals surface area contributed by atoms with Crippen molar-refractivity contribution in [1.82, 2.24) is 15.1 Å². The topological polar surface area (TPSA) is 64.6 Å². The number of ether oxygens (including phenoxy) is 2. The van der Waals surface area contributed by atoms with Crippen LogP contribution in [0.3, 0.4) is 0 Å².